The molecule has 3 nitrogen and oxygen atoms in total. The fraction of sp³-hybridized carbons (Fsp3) is 0.100. The molecule has 3 aromatic carbocycles. The lowest BCUT2D eigenvalue weighted by Crippen LogP contribution is -1.94. The third-order valence-electron chi connectivity index (χ3n) is 3.38. The highest BCUT2D eigenvalue weighted by molar-refractivity contribution is 5.66. The topological polar surface area (TPSA) is 33.3 Å². The van der Waals surface area contributed by atoms with Crippen LogP contribution in [0.1, 0.15) is 6.92 Å². The van der Waals surface area contributed by atoms with E-state index in [0.717, 1.165) is 28.5 Å². The molecule has 0 aliphatic rings. The maximum absolute atomic E-state index is 5.52. The van der Waals surface area contributed by atoms with Crippen molar-refractivity contribution in [3.8, 4) is 5.75 Å². The first kappa shape index (κ1) is 15.0. The predicted octanol–water partition coefficient (Wildman–Crippen LogP) is 5.57. The van der Waals surface area contributed by atoms with E-state index in [1.165, 1.54) is 0 Å². The van der Waals surface area contributed by atoms with Gasteiger partial charge in [-0.1, -0.05) is 24.3 Å². The van der Waals surface area contributed by atoms with Gasteiger partial charge in [0.25, 0.3) is 0 Å². The summed E-state index contributed by atoms with van der Waals surface area (Å²) in [6.45, 7) is 2.65. The number of para-hydroxylation sites is 1. The summed E-state index contributed by atoms with van der Waals surface area (Å²) in [7, 11) is 0. The molecule has 0 amide bonds. The van der Waals surface area contributed by atoms with Crippen molar-refractivity contribution in [1.82, 2.24) is 0 Å². The minimum absolute atomic E-state index is 0.670. The summed E-state index contributed by atoms with van der Waals surface area (Å²) in [5, 5.41) is 6.76. The fourth-order valence-electron chi connectivity index (χ4n) is 2.32. The highest BCUT2D eigenvalue weighted by atomic mass is 16.5. The zero-order chi connectivity index (χ0) is 15.9. The van der Waals surface area contributed by atoms with Gasteiger partial charge in [-0.15, -0.1) is 0 Å². The zero-order valence-electron chi connectivity index (χ0n) is 13.1. The molecule has 116 valence electrons. The summed E-state index contributed by atoms with van der Waals surface area (Å²) in [5.41, 5.74) is 4.19. The van der Waals surface area contributed by atoms with E-state index in [1.54, 1.807) is 0 Å². The van der Waals surface area contributed by atoms with Crippen LogP contribution < -0.4 is 15.4 Å². The van der Waals surface area contributed by atoms with Crippen molar-refractivity contribution >= 4 is 22.7 Å². The molecule has 0 bridgehead atoms. The third-order valence-corrected chi connectivity index (χ3v) is 3.38. The minimum Gasteiger partial charge on any atom is -0.494 e. The normalized spacial score (nSPS) is 10.1. The second kappa shape index (κ2) is 7.36. The molecule has 0 atom stereocenters. The fourth-order valence-corrected chi connectivity index (χ4v) is 2.32. The van der Waals surface area contributed by atoms with E-state index in [9.17, 15) is 0 Å². The van der Waals surface area contributed by atoms with Crippen molar-refractivity contribution in [3.63, 3.8) is 0 Å². The Morgan fingerprint density at radius 1 is 0.652 bits per heavy atom. The van der Waals surface area contributed by atoms with Crippen LogP contribution in [0.4, 0.5) is 22.7 Å². The van der Waals surface area contributed by atoms with E-state index < -0.39 is 0 Å². The van der Waals surface area contributed by atoms with Gasteiger partial charge in [0, 0.05) is 28.8 Å². The van der Waals surface area contributed by atoms with Crippen LogP contribution in [0.2, 0.25) is 0 Å². The summed E-state index contributed by atoms with van der Waals surface area (Å²) in [4.78, 5) is 0. The minimum atomic E-state index is 0.670. The molecule has 0 unspecified atom stereocenters. The van der Waals surface area contributed by atoms with E-state index in [0.29, 0.717) is 6.61 Å². The zero-order valence-corrected chi connectivity index (χ0v) is 13.1. The van der Waals surface area contributed by atoms with E-state index in [1.807, 2.05) is 61.5 Å². The van der Waals surface area contributed by atoms with Gasteiger partial charge in [0.1, 0.15) is 5.75 Å². The molecule has 0 spiro atoms. The second-order valence-corrected chi connectivity index (χ2v) is 5.15. The third kappa shape index (κ3) is 4.27. The number of ether oxygens (including phenoxy) is 1. The van der Waals surface area contributed by atoms with Crippen LogP contribution >= 0.6 is 0 Å². The summed E-state index contributed by atoms with van der Waals surface area (Å²) in [6.07, 6.45) is 0. The van der Waals surface area contributed by atoms with Crippen molar-refractivity contribution in [1.29, 1.82) is 0 Å². The molecule has 3 aromatic rings. The lowest BCUT2D eigenvalue weighted by Gasteiger charge is -2.10. The van der Waals surface area contributed by atoms with Gasteiger partial charge in [0.2, 0.25) is 0 Å². The van der Waals surface area contributed by atoms with E-state index in [4.69, 9.17) is 4.74 Å². The SMILES string of the molecule is CCOc1cccc(Nc2ccc(Nc3ccccc3)cc2)c1. The molecule has 0 aromatic heterocycles. The highest BCUT2D eigenvalue weighted by Gasteiger charge is 1.99. The molecule has 2 N–H and O–H groups in total. The molecule has 0 aliphatic carbocycles. The van der Waals surface area contributed by atoms with Gasteiger partial charge >= 0.3 is 0 Å². The number of hydrogen-bond donors (Lipinski definition) is 2. The molecule has 3 rings (SSSR count). The van der Waals surface area contributed by atoms with Gasteiger partial charge < -0.3 is 15.4 Å². The highest BCUT2D eigenvalue weighted by Crippen LogP contribution is 2.23. The average molecular weight is 304 g/mol. The standard InChI is InChI=1S/C20H20N2O/c1-2-23-20-10-6-9-19(15-20)22-18-13-11-17(12-14-18)21-16-7-4-3-5-8-16/h3-15,21-22H,2H2,1H3. The Bertz CT molecular complexity index is 739. The molecule has 0 saturated carbocycles. The van der Waals surface area contributed by atoms with Crippen molar-refractivity contribution in [3.05, 3.63) is 78.9 Å². The number of benzene rings is 3. The number of hydrogen-bond acceptors (Lipinski definition) is 3. The molecule has 0 heterocycles. The Labute approximate surface area is 136 Å². The summed E-state index contributed by atoms with van der Waals surface area (Å²) in [5.74, 6) is 0.875. The van der Waals surface area contributed by atoms with Crippen LogP contribution in [0.5, 0.6) is 5.75 Å². The average Bonchev–Trinajstić information content (AvgIpc) is 2.58. The van der Waals surface area contributed by atoms with Crippen molar-refractivity contribution in [2.24, 2.45) is 0 Å². The Hall–Kier alpha value is -2.94. The van der Waals surface area contributed by atoms with E-state index >= 15 is 0 Å². The van der Waals surface area contributed by atoms with Gasteiger partial charge in [-0.3, -0.25) is 0 Å². The van der Waals surface area contributed by atoms with Crippen LogP contribution in [0.3, 0.4) is 0 Å². The summed E-state index contributed by atoms with van der Waals surface area (Å²) in [6, 6.07) is 26.3. The molecule has 0 aliphatic heterocycles. The smallest absolute Gasteiger partial charge is 0.121 e. The maximum Gasteiger partial charge on any atom is 0.121 e. The van der Waals surface area contributed by atoms with E-state index in [2.05, 4.69) is 34.9 Å². The maximum atomic E-state index is 5.52. The second-order valence-electron chi connectivity index (χ2n) is 5.15. The Morgan fingerprint density at radius 3 is 1.87 bits per heavy atom. The van der Waals surface area contributed by atoms with Crippen LogP contribution in [-0.2, 0) is 0 Å². The largest absolute Gasteiger partial charge is 0.494 e. The molecule has 3 heteroatoms. The Kier molecular flexibility index (Phi) is 4.79. The van der Waals surface area contributed by atoms with Gasteiger partial charge in [-0.2, -0.15) is 0 Å². The molecule has 0 fully saturated rings. The quantitative estimate of drug-likeness (QED) is 0.624. The summed E-state index contributed by atoms with van der Waals surface area (Å²) >= 11 is 0. The van der Waals surface area contributed by atoms with Crippen LogP contribution in [0.25, 0.3) is 0 Å². The Morgan fingerprint density at radius 2 is 1.22 bits per heavy atom. The van der Waals surface area contributed by atoms with Crippen molar-refractivity contribution < 1.29 is 4.74 Å². The monoisotopic (exact) mass is 304 g/mol. The Balaban J connectivity index is 1.66. The van der Waals surface area contributed by atoms with Crippen molar-refractivity contribution in [2.75, 3.05) is 17.2 Å². The molecular formula is C20H20N2O. The first-order valence-electron chi connectivity index (χ1n) is 7.75. The van der Waals surface area contributed by atoms with Gasteiger partial charge in [-0.05, 0) is 55.5 Å². The molecule has 0 radical (unpaired) electrons. The van der Waals surface area contributed by atoms with Crippen LogP contribution in [-0.4, -0.2) is 6.61 Å². The van der Waals surface area contributed by atoms with Crippen LogP contribution in [0, 0.1) is 0 Å². The molecular weight excluding hydrogens is 284 g/mol. The van der Waals surface area contributed by atoms with Gasteiger partial charge in [-0.25, -0.2) is 0 Å². The number of rotatable bonds is 6. The first-order valence-corrected chi connectivity index (χ1v) is 7.75. The van der Waals surface area contributed by atoms with E-state index in [-0.39, 0.29) is 0 Å². The van der Waals surface area contributed by atoms with Crippen LogP contribution in [0.15, 0.2) is 78.9 Å². The number of nitrogens with one attached hydrogen (secondary N) is 2. The number of anilines is 4. The predicted molar refractivity (Wildman–Crippen MR) is 97.1 cm³/mol. The van der Waals surface area contributed by atoms with Gasteiger partial charge in [0.05, 0.1) is 6.61 Å². The lowest BCUT2D eigenvalue weighted by atomic mass is 10.2. The molecule has 23 heavy (non-hydrogen) atoms. The van der Waals surface area contributed by atoms with Gasteiger partial charge in [0.15, 0.2) is 0 Å². The van der Waals surface area contributed by atoms with Crippen molar-refractivity contribution in [2.45, 2.75) is 6.92 Å². The molecule has 0 saturated heterocycles. The summed E-state index contributed by atoms with van der Waals surface area (Å²) < 4.78 is 5.52. The first-order chi connectivity index (χ1) is 11.3. The lowest BCUT2D eigenvalue weighted by molar-refractivity contribution is 0.340.